The third-order valence-electron chi connectivity index (χ3n) is 3.33. The summed E-state index contributed by atoms with van der Waals surface area (Å²) in [6.07, 6.45) is 3.05. The van der Waals surface area contributed by atoms with Crippen molar-refractivity contribution in [1.82, 2.24) is 5.32 Å². The first kappa shape index (κ1) is 15.8. The lowest BCUT2D eigenvalue weighted by atomic mass is 9.99. The Morgan fingerprint density at radius 3 is 2.72 bits per heavy atom. The Balaban J connectivity index is 2.34. The van der Waals surface area contributed by atoms with Gasteiger partial charge in [0.1, 0.15) is 5.54 Å². The van der Waals surface area contributed by atoms with E-state index in [2.05, 4.69) is 5.32 Å². The van der Waals surface area contributed by atoms with Gasteiger partial charge in [0, 0.05) is 18.5 Å². The molecule has 0 aromatic rings. The second-order valence-electron chi connectivity index (χ2n) is 4.79. The number of hydrogen-bond donors (Lipinski definition) is 1. The Labute approximate surface area is 114 Å². The van der Waals surface area contributed by atoms with Gasteiger partial charge in [0.15, 0.2) is 0 Å². The molecule has 1 aliphatic rings. The van der Waals surface area contributed by atoms with Crippen molar-refractivity contribution < 1.29 is 14.3 Å². The van der Waals surface area contributed by atoms with Crippen molar-refractivity contribution in [2.24, 2.45) is 0 Å². The Morgan fingerprint density at radius 2 is 2.17 bits per heavy atom. The molecule has 0 aromatic heterocycles. The largest absolute Gasteiger partial charge is 0.468 e. The molecule has 0 radical (unpaired) electrons. The highest BCUT2D eigenvalue weighted by Crippen LogP contribution is 2.25. The van der Waals surface area contributed by atoms with Crippen molar-refractivity contribution in [2.45, 2.75) is 43.9 Å². The lowest BCUT2D eigenvalue weighted by Gasteiger charge is -2.28. The number of thioether (sulfide) groups is 1. The van der Waals surface area contributed by atoms with Crippen LogP contribution in [-0.2, 0) is 14.3 Å². The van der Waals surface area contributed by atoms with Gasteiger partial charge in [-0.15, -0.1) is 0 Å². The Morgan fingerprint density at radius 1 is 1.50 bits per heavy atom. The number of hydrogen-bond acceptors (Lipinski definition) is 5. The molecule has 106 valence electrons. The summed E-state index contributed by atoms with van der Waals surface area (Å²) in [7, 11) is 1.45. The fraction of sp³-hybridized carbons (Fsp3) is 0.923. The SMILES string of the molecule is CCNC(C)(CCSC1CCOCC1)C(=O)OC. The predicted molar refractivity (Wildman–Crippen MR) is 75.0 cm³/mol. The highest BCUT2D eigenvalue weighted by Gasteiger charge is 2.33. The fourth-order valence-electron chi connectivity index (χ4n) is 2.15. The van der Waals surface area contributed by atoms with E-state index in [0.717, 1.165) is 44.8 Å². The molecule has 0 amide bonds. The first-order valence-electron chi connectivity index (χ1n) is 6.65. The zero-order valence-corrected chi connectivity index (χ0v) is 12.5. The van der Waals surface area contributed by atoms with E-state index in [9.17, 15) is 4.79 Å². The summed E-state index contributed by atoms with van der Waals surface area (Å²) in [4.78, 5) is 11.8. The highest BCUT2D eigenvalue weighted by atomic mass is 32.2. The van der Waals surface area contributed by atoms with Gasteiger partial charge < -0.3 is 14.8 Å². The normalized spacial score (nSPS) is 20.4. The van der Waals surface area contributed by atoms with Gasteiger partial charge >= 0.3 is 5.97 Å². The van der Waals surface area contributed by atoms with Gasteiger partial charge in [-0.2, -0.15) is 11.8 Å². The van der Waals surface area contributed by atoms with E-state index in [1.54, 1.807) is 0 Å². The van der Waals surface area contributed by atoms with Gasteiger partial charge in [-0.3, -0.25) is 4.79 Å². The van der Waals surface area contributed by atoms with Crippen LogP contribution in [-0.4, -0.2) is 49.4 Å². The number of nitrogens with one attached hydrogen (secondary N) is 1. The molecule has 0 bridgehead atoms. The van der Waals surface area contributed by atoms with Crippen LogP contribution in [0.3, 0.4) is 0 Å². The topological polar surface area (TPSA) is 47.6 Å². The van der Waals surface area contributed by atoms with Crippen LogP contribution in [0.25, 0.3) is 0 Å². The molecule has 1 heterocycles. The molecule has 1 rings (SSSR count). The van der Waals surface area contributed by atoms with Crippen molar-refractivity contribution >= 4 is 17.7 Å². The highest BCUT2D eigenvalue weighted by molar-refractivity contribution is 7.99. The molecule has 0 spiro atoms. The molecule has 0 aromatic carbocycles. The predicted octanol–water partition coefficient (Wildman–Crippen LogP) is 1.83. The molecular weight excluding hydrogens is 250 g/mol. The number of carbonyl (C=O) groups excluding carboxylic acids is 1. The molecule has 0 aliphatic carbocycles. The zero-order chi connectivity index (χ0) is 13.4. The molecule has 5 heteroatoms. The average molecular weight is 275 g/mol. The van der Waals surface area contributed by atoms with Crippen molar-refractivity contribution in [2.75, 3.05) is 32.6 Å². The van der Waals surface area contributed by atoms with Crippen LogP contribution in [0, 0.1) is 0 Å². The third-order valence-corrected chi connectivity index (χ3v) is 4.71. The monoisotopic (exact) mass is 275 g/mol. The van der Waals surface area contributed by atoms with Crippen molar-refractivity contribution in [3.63, 3.8) is 0 Å². The lowest BCUT2D eigenvalue weighted by molar-refractivity contribution is -0.148. The van der Waals surface area contributed by atoms with Crippen LogP contribution < -0.4 is 5.32 Å². The zero-order valence-electron chi connectivity index (χ0n) is 11.7. The van der Waals surface area contributed by atoms with E-state index in [-0.39, 0.29) is 5.97 Å². The summed E-state index contributed by atoms with van der Waals surface area (Å²) >= 11 is 1.95. The van der Waals surface area contributed by atoms with Crippen molar-refractivity contribution in [1.29, 1.82) is 0 Å². The fourth-order valence-corrected chi connectivity index (χ4v) is 3.54. The summed E-state index contributed by atoms with van der Waals surface area (Å²) in [6, 6.07) is 0. The van der Waals surface area contributed by atoms with Gasteiger partial charge in [-0.25, -0.2) is 0 Å². The number of likely N-dealkylation sites (N-methyl/N-ethyl adjacent to an activating group) is 1. The second kappa shape index (κ2) is 8.02. The van der Waals surface area contributed by atoms with Crippen LogP contribution >= 0.6 is 11.8 Å². The maximum absolute atomic E-state index is 11.8. The summed E-state index contributed by atoms with van der Waals surface area (Å²) < 4.78 is 10.2. The molecule has 1 unspecified atom stereocenters. The molecule has 1 N–H and O–H groups in total. The number of ether oxygens (including phenoxy) is 2. The summed E-state index contributed by atoms with van der Waals surface area (Å²) in [6.45, 7) is 6.45. The quantitative estimate of drug-likeness (QED) is 0.718. The van der Waals surface area contributed by atoms with Gasteiger partial charge in [0.2, 0.25) is 0 Å². The van der Waals surface area contributed by atoms with Crippen molar-refractivity contribution in [3.8, 4) is 0 Å². The summed E-state index contributed by atoms with van der Waals surface area (Å²) in [5, 5.41) is 3.92. The molecule has 18 heavy (non-hydrogen) atoms. The number of rotatable bonds is 7. The molecule has 4 nitrogen and oxygen atoms in total. The first-order chi connectivity index (χ1) is 8.62. The summed E-state index contributed by atoms with van der Waals surface area (Å²) in [5.41, 5.74) is -0.554. The molecule has 1 fully saturated rings. The molecular formula is C13H25NO3S. The number of methoxy groups -OCH3 is 1. The Hall–Kier alpha value is -0.260. The van der Waals surface area contributed by atoms with E-state index in [4.69, 9.17) is 9.47 Å². The number of esters is 1. The van der Waals surface area contributed by atoms with E-state index in [1.165, 1.54) is 7.11 Å². The maximum Gasteiger partial charge on any atom is 0.325 e. The maximum atomic E-state index is 11.8. The minimum Gasteiger partial charge on any atom is -0.468 e. The lowest BCUT2D eigenvalue weighted by Crippen LogP contribution is -2.50. The standard InChI is InChI=1S/C13H25NO3S/c1-4-14-13(2,12(15)16-3)7-10-18-11-5-8-17-9-6-11/h11,14H,4-10H2,1-3H3. The summed E-state index contributed by atoms with van der Waals surface area (Å²) in [5.74, 6) is 0.806. The van der Waals surface area contributed by atoms with Crippen molar-refractivity contribution in [3.05, 3.63) is 0 Å². The van der Waals surface area contributed by atoms with E-state index >= 15 is 0 Å². The van der Waals surface area contributed by atoms with Gasteiger partial charge in [0.25, 0.3) is 0 Å². The minimum absolute atomic E-state index is 0.170. The average Bonchev–Trinajstić information content (AvgIpc) is 2.39. The third kappa shape index (κ3) is 4.78. The first-order valence-corrected chi connectivity index (χ1v) is 7.70. The van der Waals surface area contributed by atoms with Gasteiger partial charge in [-0.05, 0) is 38.5 Å². The number of carbonyl (C=O) groups is 1. The second-order valence-corrected chi connectivity index (χ2v) is 6.19. The van der Waals surface area contributed by atoms with Crippen LogP contribution in [0.4, 0.5) is 0 Å². The molecule has 0 saturated carbocycles. The molecule has 1 aliphatic heterocycles. The minimum atomic E-state index is -0.554. The van der Waals surface area contributed by atoms with E-state index in [1.807, 2.05) is 25.6 Å². The van der Waals surface area contributed by atoms with Gasteiger partial charge in [-0.1, -0.05) is 6.92 Å². The molecule has 1 saturated heterocycles. The van der Waals surface area contributed by atoms with Gasteiger partial charge in [0.05, 0.1) is 7.11 Å². The van der Waals surface area contributed by atoms with Crippen LogP contribution in [0.2, 0.25) is 0 Å². The van der Waals surface area contributed by atoms with E-state index in [0.29, 0.717) is 5.25 Å². The smallest absolute Gasteiger partial charge is 0.325 e. The van der Waals surface area contributed by atoms with E-state index < -0.39 is 5.54 Å². The Bertz CT molecular complexity index is 257. The molecule has 1 atom stereocenters. The van der Waals surface area contributed by atoms with Crippen LogP contribution in [0.5, 0.6) is 0 Å². The Kier molecular flexibility index (Phi) is 7.04. The van der Waals surface area contributed by atoms with Crippen LogP contribution in [0.1, 0.15) is 33.1 Å². The van der Waals surface area contributed by atoms with Crippen LogP contribution in [0.15, 0.2) is 0 Å².